The van der Waals surface area contributed by atoms with Gasteiger partial charge in [0.1, 0.15) is 6.10 Å². The number of rotatable bonds is 12. The van der Waals surface area contributed by atoms with E-state index in [-0.39, 0.29) is 52.1 Å². The van der Waals surface area contributed by atoms with E-state index in [1.54, 1.807) is 13.8 Å². The van der Waals surface area contributed by atoms with Crippen LogP contribution in [0.2, 0.25) is 0 Å². The zero-order valence-corrected chi connectivity index (χ0v) is 34.6. The number of esters is 1. The second kappa shape index (κ2) is 14.2. The lowest BCUT2D eigenvalue weighted by molar-refractivity contribution is -0.233. The van der Waals surface area contributed by atoms with Gasteiger partial charge in [-0.3, -0.25) is 24.1 Å². The Hall–Kier alpha value is -3.00. The topological polar surface area (TPSA) is 121 Å². The molecule has 0 bridgehead atoms. The van der Waals surface area contributed by atoms with Crippen LogP contribution in [0.1, 0.15) is 139 Å². The number of carboxylic acid groups (broad SMARTS) is 2. The van der Waals surface area contributed by atoms with Crippen LogP contribution in [0.15, 0.2) is 41.5 Å². The van der Waals surface area contributed by atoms with Gasteiger partial charge in [-0.2, -0.15) is 0 Å². The highest BCUT2D eigenvalue weighted by atomic mass is 16.5. The zero-order chi connectivity index (χ0) is 39.6. The van der Waals surface area contributed by atoms with Gasteiger partial charge in [0.05, 0.1) is 18.4 Å². The van der Waals surface area contributed by atoms with Crippen molar-refractivity contribution in [2.45, 2.75) is 146 Å². The van der Waals surface area contributed by atoms with E-state index in [9.17, 15) is 29.4 Å². The van der Waals surface area contributed by atoms with Gasteiger partial charge in [-0.15, -0.1) is 0 Å². The Bertz CT molecular complexity index is 1680. The number of ether oxygens (including phenoxy) is 1. The second-order valence-electron chi connectivity index (χ2n) is 20.5. The van der Waals surface area contributed by atoms with Gasteiger partial charge in [-0.1, -0.05) is 84.4 Å². The number of Topliss-reactive ketones (excluding diaryl/α,β-unsaturated/α-hetero) is 1. The van der Waals surface area contributed by atoms with E-state index in [1.807, 2.05) is 18.2 Å². The highest BCUT2D eigenvalue weighted by Crippen LogP contribution is 2.77. The smallest absolute Gasteiger partial charge is 0.317 e. The SMILES string of the molecule is CC(C)C1=C2[C@H]3CC[C@@H]4[C@@]5(C)CC[C@H](OC(=O)CC(C)(C)C(=O)O)C(C)(C)[C@H]5CC[C@@]4(C)[C@]3(C)CC[C@@]2(CCN(CC(=O)O)Cc2ccccc2)CC1=O. The van der Waals surface area contributed by atoms with Crippen LogP contribution in [0.4, 0.5) is 0 Å². The fourth-order valence-electron chi connectivity index (χ4n) is 13.5. The predicted molar refractivity (Wildman–Crippen MR) is 209 cm³/mol. The Kier molecular flexibility index (Phi) is 10.7. The maximum absolute atomic E-state index is 14.1. The van der Waals surface area contributed by atoms with Crippen LogP contribution >= 0.6 is 0 Å². The number of carboxylic acids is 2. The maximum Gasteiger partial charge on any atom is 0.317 e. The third kappa shape index (κ3) is 6.68. The first-order chi connectivity index (χ1) is 25.1. The fraction of sp³-hybridized carbons (Fsp3) is 0.739. The van der Waals surface area contributed by atoms with Crippen LogP contribution in [0.25, 0.3) is 0 Å². The van der Waals surface area contributed by atoms with Gasteiger partial charge in [0, 0.05) is 23.8 Å². The number of nitrogens with zero attached hydrogens (tertiary/aromatic N) is 1. The van der Waals surface area contributed by atoms with Gasteiger partial charge < -0.3 is 14.9 Å². The third-order valence-corrected chi connectivity index (χ3v) is 16.5. The third-order valence-electron chi connectivity index (χ3n) is 16.5. The lowest BCUT2D eigenvalue weighted by Gasteiger charge is -2.72. The quantitative estimate of drug-likeness (QED) is 0.203. The first-order valence-electron chi connectivity index (χ1n) is 20.8. The molecule has 0 amide bonds. The number of benzene rings is 1. The summed E-state index contributed by atoms with van der Waals surface area (Å²) in [5, 5.41) is 19.5. The molecule has 54 heavy (non-hydrogen) atoms. The summed E-state index contributed by atoms with van der Waals surface area (Å²) in [7, 11) is 0. The number of hydrogen-bond donors (Lipinski definition) is 2. The van der Waals surface area contributed by atoms with E-state index >= 15 is 0 Å². The van der Waals surface area contributed by atoms with E-state index < -0.39 is 23.3 Å². The molecule has 0 aliphatic heterocycles. The standard InChI is InChI=1S/C46H67NO7/c1-29(2)38-32(48)25-46(23-24-47(28-36(49)50)27-30-13-11-10-12-14-30)22-21-44(8)31(39(38)46)15-16-34-43(7)19-18-35(54-37(51)26-41(3,4)40(52)53)42(5,6)33(43)17-20-45(34,44)9/h10-14,29,31,33-35H,15-28H2,1-9H3,(H,49,50)(H,52,53)/t31-,33-,34-,35+,43+,44-,45-,46-/m1/s1. The van der Waals surface area contributed by atoms with Crippen LogP contribution in [0.5, 0.6) is 0 Å². The maximum atomic E-state index is 14.1. The Morgan fingerprint density at radius 3 is 2.20 bits per heavy atom. The van der Waals surface area contributed by atoms with E-state index in [1.165, 1.54) is 5.57 Å². The minimum absolute atomic E-state index is 0.0215. The van der Waals surface area contributed by atoms with Crippen molar-refractivity contribution in [3.05, 3.63) is 47.0 Å². The number of fused-ring (bicyclic) bond motifs is 7. The van der Waals surface area contributed by atoms with Gasteiger partial charge in [0.2, 0.25) is 0 Å². The summed E-state index contributed by atoms with van der Waals surface area (Å²) in [6.45, 7) is 20.9. The first kappa shape index (κ1) is 40.7. The minimum atomic E-state index is -1.17. The number of carbonyl (C=O) groups is 4. The fourth-order valence-corrected chi connectivity index (χ4v) is 13.5. The summed E-state index contributed by atoms with van der Waals surface area (Å²) in [6.07, 6.45) is 9.06. The summed E-state index contributed by atoms with van der Waals surface area (Å²) in [4.78, 5) is 53.1. The number of aliphatic carboxylic acids is 2. The molecule has 8 atom stereocenters. The van der Waals surface area contributed by atoms with Gasteiger partial charge in [0.15, 0.2) is 5.78 Å². The molecule has 6 rings (SSSR count). The Labute approximate surface area is 323 Å². The Morgan fingerprint density at radius 2 is 1.57 bits per heavy atom. The van der Waals surface area contributed by atoms with E-state index in [2.05, 4.69) is 65.5 Å². The van der Waals surface area contributed by atoms with Gasteiger partial charge in [-0.25, -0.2) is 0 Å². The van der Waals surface area contributed by atoms with Gasteiger partial charge in [0.25, 0.3) is 0 Å². The Morgan fingerprint density at radius 1 is 0.889 bits per heavy atom. The molecule has 8 nitrogen and oxygen atoms in total. The molecule has 1 aromatic rings. The molecule has 4 fully saturated rings. The largest absolute Gasteiger partial charge is 0.481 e. The van der Waals surface area contributed by atoms with Crippen molar-refractivity contribution in [1.82, 2.24) is 4.90 Å². The van der Waals surface area contributed by atoms with Crippen molar-refractivity contribution in [2.24, 2.45) is 56.2 Å². The molecule has 0 unspecified atom stereocenters. The molecule has 8 heteroatoms. The molecule has 4 saturated carbocycles. The van der Waals surface area contributed by atoms with Crippen LogP contribution < -0.4 is 0 Å². The van der Waals surface area contributed by atoms with Crippen LogP contribution in [0.3, 0.4) is 0 Å². The molecule has 0 spiro atoms. The normalized spacial score (nSPS) is 35.9. The van der Waals surface area contributed by atoms with Crippen LogP contribution in [-0.2, 0) is 30.5 Å². The zero-order valence-electron chi connectivity index (χ0n) is 34.6. The average Bonchev–Trinajstić information content (AvgIpc) is 3.37. The summed E-state index contributed by atoms with van der Waals surface area (Å²) in [6, 6.07) is 10.1. The monoisotopic (exact) mass is 745 g/mol. The molecule has 2 N–H and O–H groups in total. The lowest BCUT2D eigenvalue weighted by Crippen LogP contribution is -2.65. The highest BCUT2D eigenvalue weighted by molar-refractivity contribution is 6.00. The average molecular weight is 746 g/mol. The van der Waals surface area contributed by atoms with Crippen molar-refractivity contribution < 1.29 is 34.1 Å². The molecule has 0 radical (unpaired) electrons. The van der Waals surface area contributed by atoms with E-state index in [0.717, 1.165) is 68.9 Å². The highest BCUT2D eigenvalue weighted by Gasteiger charge is 2.70. The van der Waals surface area contributed by atoms with Gasteiger partial charge >= 0.3 is 17.9 Å². The molecule has 0 heterocycles. The number of ketones is 1. The van der Waals surface area contributed by atoms with Crippen molar-refractivity contribution in [1.29, 1.82) is 0 Å². The number of carbonyl (C=O) groups excluding carboxylic acids is 2. The summed E-state index contributed by atoms with van der Waals surface area (Å²) < 4.78 is 6.17. The Balaban J connectivity index is 1.27. The summed E-state index contributed by atoms with van der Waals surface area (Å²) in [5.41, 5.74) is 2.11. The summed E-state index contributed by atoms with van der Waals surface area (Å²) in [5.74, 6) is -0.599. The first-order valence-corrected chi connectivity index (χ1v) is 20.8. The lowest BCUT2D eigenvalue weighted by atomic mass is 9.33. The number of allylic oxidation sites excluding steroid dienone is 2. The van der Waals surface area contributed by atoms with Crippen molar-refractivity contribution in [2.75, 3.05) is 13.1 Å². The van der Waals surface area contributed by atoms with Crippen molar-refractivity contribution >= 4 is 23.7 Å². The van der Waals surface area contributed by atoms with Crippen LogP contribution in [0, 0.1) is 56.2 Å². The minimum Gasteiger partial charge on any atom is -0.481 e. The van der Waals surface area contributed by atoms with E-state index in [4.69, 9.17) is 4.74 Å². The molecule has 298 valence electrons. The molecular formula is C46H67NO7. The number of hydrogen-bond acceptors (Lipinski definition) is 6. The van der Waals surface area contributed by atoms with Crippen molar-refractivity contribution in [3.63, 3.8) is 0 Å². The van der Waals surface area contributed by atoms with Crippen molar-refractivity contribution in [3.8, 4) is 0 Å². The molecule has 5 aliphatic rings. The van der Waals surface area contributed by atoms with Crippen LogP contribution in [-0.4, -0.2) is 58.0 Å². The second-order valence-corrected chi connectivity index (χ2v) is 20.5. The van der Waals surface area contributed by atoms with Gasteiger partial charge in [-0.05, 0) is 129 Å². The molecule has 0 aromatic heterocycles. The molecule has 1 aromatic carbocycles. The molecule has 5 aliphatic carbocycles. The predicted octanol–water partition coefficient (Wildman–Crippen LogP) is 9.36. The van der Waals surface area contributed by atoms with E-state index in [0.29, 0.717) is 43.0 Å². The molecular weight excluding hydrogens is 679 g/mol. The molecule has 0 saturated heterocycles. The summed E-state index contributed by atoms with van der Waals surface area (Å²) >= 11 is 0.